The first-order valence-corrected chi connectivity index (χ1v) is 4.46. The number of carbonyl (C=O) groups is 1. The minimum Gasteiger partial charge on any atom is -0.380 e. The Balaban J connectivity index is 1.84. The first kappa shape index (κ1) is 9.21. The van der Waals surface area contributed by atoms with Crippen LogP contribution in [-0.2, 0) is 4.74 Å². The van der Waals surface area contributed by atoms with Gasteiger partial charge in [0.15, 0.2) is 5.69 Å². The molecule has 1 fully saturated rings. The van der Waals surface area contributed by atoms with E-state index in [9.17, 15) is 4.79 Å². The lowest BCUT2D eigenvalue weighted by atomic mass is 9.89. The molecular weight excluding hydrogens is 184 g/mol. The average molecular weight is 196 g/mol. The van der Waals surface area contributed by atoms with Crippen molar-refractivity contribution in [2.75, 3.05) is 19.8 Å². The largest absolute Gasteiger partial charge is 0.380 e. The number of nitrogens with one attached hydrogen (secondary N) is 1. The van der Waals surface area contributed by atoms with Gasteiger partial charge < -0.3 is 14.6 Å². The lowest BCUT2D eigenvalue weighted by molar-refractivity contribution is -0.0978. The van der Waals surface area contributed by atoms with Gasteiger partial charge in [-0.2, -0.15) is 0 Å². The number of hydrogen-bond acceptors (Lipinski definition) is 4. The molecule has 1 N–H and O–H groups in total. The van der Waals surface area contributed by atoms with E-state index >= 15 is 0 Å². The number of aromatic nitrogens is 1. The minimum atomic E-state index is -0.202. The highest BCUT2D eigenvalue weighted by Crippen LogP contribution is 2.25. The zero-order chi connectivity index (χ0) is 10.0. The summed E-state index contributed by atoms with van der Waals surface area (Å²) in [6, 6.07) is 1.54. The van der Waals surface area contributed by atoms with Crippen LogP contribution < -0.4 is 5.32 Å². The molecular formula is C9H12N2O3. The van der Waals surface area contributed by atoms with E-state index in [4.69, 9.17) is 4.74 Å². The monoisotopic (exact) mass is 196 g/mol. The van der Waals surface area contributed by atoms with E-state index < -0.39 is 0 Å². The predicted molar refractivity (Wildman–Crippen MR) is 47.8 cm³/mol. The molecule has 1 aliphatic rings. The van der Waals surface area contributed by atoms with Crippen LogP contribution in [-0.4, -0.2) is 30.8 Å². The second-order valence-electron chi connectivity index (χ2n) is 3.87. The van der Waals surface area contributed by atoms with Crippen molar-refractivity contribution in [2.24, 2.45) is 5.41 Å². The molecule has 1 saturated heterocycles. The maximum absolute atomic E-state index is 11.4. The second-order valence-corrected chi connectivity index (χ2v) is 3.87. The summed E-state index contributed by atoms with van der Waals surface area (Å²) in [4.78, 5) is 11.4. The number of hydrogen-bond donors (Lipinski definition) is 1. The molecule has 1 aromatic rings. The van der Waals surface area contributed by atoms with Gasteiger partial charge in [0.25, 0.3) is 5.91 Å². The highest BCUT2D eigenvalue weighted by molar-refractivity contribution is 5.91. The molecule has 2 rings (SSSR count). The highest BCUT2D eigenvalue weighted by Gasteiger charge is 2.33. The first-order valence-electron chi connectivity index (χ1n) is 4.46. The van der Waals surface area contributed by atoms with E-state index in [1.54, 1.807) is 0 Å². The smallest absolute Gasteiger partial charge is 0.273 e. The van der Waals surface area contributed by atoms with Crippen LogP contribution in [0, 0.1) is 5.41 Å². The molecule has 0 unspecified atom stereocenters. The molecule has 0 atom stereocenters. The Morgan fingerprint density at radius 2 is 2.50 bits per heavy atom. The van der Waals surface area contributed by atoms with Gasteiger partial charge in [0.2, 0.25) is 0 Å². The summed E-state index contributed by atoms with van der Waals surface area (Å²) < 4.78 is 9.65. The normalized spacial score (nSPS) is 18.6. The minimum absolute atomic E-state index is 0.0827. The van der Waals surface area contributed by atoms with Crippen molar-refractivity contribution in [3.8, 4) is 0 Å². The zero-order valence-electron chi connectivity index (χ0n) is 7.95. The van der Waals surface area contributed by atoms with Crippen LogP contribution in [0.25, 0.3) is 0 Å². The van der Waals surface area contributed by atoms with E-state index in [0.29, 0.717) is 25.5 Å². The maximum Gasteiger partial charge on any atom is 0.273 e. The van der Waals surface area contributed by atoms with E-state index in [1.807, 2.05) is 0 Å². The summed E-state index contributed by atoms with van der Waals surface area (Å²) in [6.07, 6.45) is 1.38. The molecule has 5 nitrogen and oxygen atoms in total. The Morgan fingerprint density at radius 3 is 3.00 bits per heavy atom. The van der Waals surface area contributed by atoms with Crippen molar-refractivity contribution in [2.45, 2.75) is 6.92 Å². The molecule has 1 aliphatic heterocycles. The van der Waals surface area contributed by atoms with Gasteiger partial charge >= 0.3 is 0 Å². The number of nitrogens with zero attached hydrogens (tertiary/aromatic N) is 1. The Labute approximate surface area is 81.4 Å². The molecule has 0 radical (unpaired) electrons. The fraction of sp³-hybridized carbons (Fsp3) is 0.556. The zero-order valence-corrected chi connectivity index (χ0v) is 7.95. The van der Waals surface area contributed by atoms with Crippen molar-refractivity contribution < 1.29 is 14.1 Å². The van der Waals surface area contributed by atoms with Crippen LogP contribution in [0.15, 0.2) is 16.9 Å². The third-order valence-electron chi connectivity index (χ3n) is 2.25. The van der Waals surface area contributed by atoms with Gasteiger partial charge in [-0.05, 0) is 0 Å². The second kappa shape index (κ2) is 3.42. The molecule has 0 bridgehead atoms. The van der Waals surface area contributed by atoms with Crippen molar-refractivity contribution in [1.29, 1.82) is 0 Å². The third-order valence-corrected chi connectivity index (χ3v) is 2.25. The summed E-state index contributed by atoms with van der Waals surface area (Å²) >= 11 is 0. The fourth-order valence-electron chi connectivity index (χ4n) is 1.27. The molecule has 0 spiro atoms. The van der Waals surface area contributed by atoms with Gasteiger partial charge in [-0.15, -0.1) is 0 Å². The highest BCUT2D eigenvalue weighted by atomic mass is 16.5. The molecule has 0 saturated carbocycles. The van der Waals surface area contributed by atoms with Crippen LogP contribution >= 0.6 is 0 Å². The number of amides is 1. The van der Waals surface area contributed by atoms with Gasteiger partial charge in [-0.1, -0.05) is 12.1 Å². The fourth-order valence-corrected chi connectivity index (χ4v) is 1.27. The maximum atomic E-state index is 11.4. The molecule has 2 heterocycles. The molecule has 0 aromatic carbocycles. The Kier molecular flexibility index (Phi) is 2.25. The van der Waals surface area contributed by atoms with Crippen molar-refractivity contribution >= 4 is 5.91 Å². The van der Waals surface area contributed by atoms with Crippen LogP contribution in [0.4, 0.5) is 0 Å². The van der Waals surface area contributed by atoms with Crippen molar-refractivity contribution in [3.63, 3.8) is 0 Å². The van der Waals surface area contributed by atoms with Crippen LogP contribution in [0.1, 0.15) is 17.4 Å². The average Bonchev–Trinajstić information content (AvgIpc) is 2.63. The Morgan fingerprint density at radius 1 is 1.71 bits per heavy atom. The molecule has 0 aliphatic carbocycles. The molecule has 76 valence electrons. The van der Waals surface area contributed by atoms with Crippen LogP contribution in [0.5, 0.6) is 0 Å². The third kappa shape index (κ3) is 1.77. The summed E-state index contributed by atoms with van der Waals surface area (Å²) in [6.45, 7) is 4.08. The predicted octanol–water partition coefficient (Wildman–Crippen LogP) is 0.441. The van der Waals surface area contributed by atoms with Gasteiger partial charge in [0.1, 0.15) is 6.26 Å². The molecule has 1 aromatic heterocycles. The number of ether oxygens (including phenoxy) is 1. The molecule has 14 heavy (non-hydrogen) atoms. The quantitative estimate of drug-likeness (QED) is 0.761. The summed E-state index contributed by atoms with van der Waals surface area (Å²) in [5, 5.41) is 6.33. The molecule has 5 heteroatoms. The van der Waals surface area contributed by atoms with E-state index in [2.05, 4.69) is 21.9 Å². The van der Waals surface area contributed by atoms with Crippen molar-refractivity contribution in [3.05, 3.63) is 18.0 Å². The van der Waals surface area contributed by atoms with Gasteiger partial charge in [-0.3, -0.25) is 4.79 Å². The summed E-state index contributed by atoms with van der Waals surface area (Å²) in [7, 11) is 0. The van der Waals surface area contributed by atoms with E-state index in [-0.39, 0.29) is 11.3 Å². The van der Waals surface area contributed by atoms with Gasteiger partial charge in [0, 0.05) is 18.0 Å². The summed E-state index contributed by atoms with van der Waals surface area (Å²) in [5.74, 6) is -0.202. The standard InChI is InChI=1S/C9H12N2O3/c1-9(5-13-6-9)4-10-8(12)7-2-3-14-11-7/h2-3H,4-6H2,1H3,(H,10,12). The van der Waals surface area contributed by atoms with Crippen LogP contribution in [0.3, 0.4) is 0 Å². The van der Waals surface area contributed by atoms with Gasteiger partial charge in [0.05, 0.1) is 13.2 Å². The van der Waals surface area contributed by atoms with Crippen LogP contribution in [0.2, 0.25) is 0 Å². The number of carbonyl (C=O) groups excluding carboxylic acids is 1. The van der Waals surface area contributed by atoms with E-state index in [0.717, 1.165) is 0 Å². The van der Waals surface area contributed by atoms with Gasteiger partial charge in [-0.25, -0.2) is 0 Å². The van der Waals surface area contributed by atoms with Crippen molar-refractivity contribution in [1.82, 2.24) is 10.5 Å². The summed E-state index contributed by atoms with van der Waals surface area (Å²) in [5.41, 5.74) is 0.396. The Bertz CT molecular complexity index is 317. The Hall–Kier alpha value is -1.36. The SMILES string of the molecule is CC1(CNC(=O)c2ccon2)COC1. The topological polar surface area (TPSA) is 64.4 Å². The van der Waals surface area contributed by atoms with E-state index in [1.165, 1.54) is 12.3 Å². The lowest BCUT2D eigenvalue weighted by Crippen LogP contribution is -2.48. The number of rotatable bonds is 3. The first-order chi connectivity index (χ1) is 6.70. The lowest BCUT2D eigenvalue weighted by Gasteiger charge is -2.37. The molecule has 1 amide bonds.